The average Bonchev–Trinajstić information content (AvgIpc) is 3.27. The van der Waals surface area contributed by atoms with Gasteiger partial charge in [-0.2, -0.15) is 5.10 Å². The summed E-state index contributed by atoms with van der Waals surface area (Å²) in [5.74, 6) is 2.35. The van der Waals surface area contributed by atoms with E-state index in [0.29, 0.717) is 13.2 Å². The Balaban J connectivity index is 1.49. The van der Waals surface area contributed by atoms with Crippen molar-refractivity contribution >= 4 is 10.9 Å². The van der Waals surface area contributed by atoms with E-state index >= 15 is 4.39 Å². The molecule has 0 aliphatic carbocycles. The molecule has 0 unspecified atom stereocenters. The van der Waals surface area contributed by atoms with E-state index in [-0.39, 0.29) is 12.1 Å². The van der Waals surface area contributed by atoms with Crippen LogP contribution in [0.3, 0.4) is 0 Å². The van der Waals surface area contributed by atoms with E-state index in [4.69, 9.17) is 9.47 Å². The summed E-state index contributed by atoms with van der Waals surface area (Å²) in [4.78, 5) is 4.68. The molecule has 7 heteroatoms. The molecule has 0 spiro atoms. The van der Waals surface area contributed by atoms with Crippen molar-refractivity contribution in [2.45, 2.75) is 51.9 Å². The molecule has 0 saturated carbocycles. The number of aromatic amines is 1. The number of likely N-dealkylation sites (tertiary alicyclic amines) is 1. The Labute approximate surface area is 207 Å². The summed E-state index contributed by atoms with van der Waals surface area (Å²) in [7, 11) is 1.69. The van der Waals surface area contributed by atoms with Crippen LogP contribution in [-0.4, -0.2) is 71.6 Å². The van der Waals surface area contributed by atoms with Gasteiger partial charge in [-0.3, -0.25) is 14.9 Å². The summed E-state index contributed by atoms with van der Waals surface area (Å²) in [6.45, 7) is 12.0. The number of methoxy groups -OCH3 is 1. The molecule has 188 valence electrons. The Hall–Kier alpha value is -2.64. The first-order valence-electron chi connectivity index (χ1n) is 12.7. The van der Waals surface area contributed by atoms with Crippen molar-refractivity contribution in [2.75, 3.05) is 39.9 Å². The first kappa shape index (κ1) is 24.1. The van der Waals surface area contributed by atoms with Crippen LogP contribution >= 0.6 is 0 Å². The Morgan fingerprint density at radius 1 is 1.14 bits per heavy atom. The molecule has 1 saturated heterocycles. The van der Waals surface area contributed by atoms with Gasteiger partial charge in [0.15, 0.2) is 0 Å². The van der Waals surface area contributed by atoms with Crippen molar-refractivity contribution in [2.24, 2.45) is 5.92 Å². The lowest BCUT2D eigenvalue weighted by Gasteiger charge is -2.44. The number of nitrogens with zero attached hydrogens (tertiary/aromatic N) is 3. The summed E-state index contributed by atoms with van der Waals surface area (Å²) in [6, 6.07) is 10.3. The molecular formula is C28H37FN4O2. The molecule has 3 heterocycles. The van der Waals surface area contributed by atoms with Crippen molar-refractivity contribution in [3.05, 3.63) is 53.2 Å². The minimum atomic E-state index is -1.33. The van der Waals surface area contributed by atoms with Crippen molar-refractivity contribution in [3.63, 3.8) is 0 Å². The molecule has 2 atom stereocenters. The van der Waals surface area contributed by atoms with Crippen LogP contribution in [0, 0.1) is 5.92 Å². The van der Waals surface area contributed by atoms with Crippen molar-refractivity contribution in [1.82, 2.24) is 20.0 Å². The van der Waals surface area contributed by atoms with Gasteiger partial charge in [0.25, 0.3) is 0 Å². The highest BCUT2D eigenvalue weighted by Crippen LogP contribution is 2.44. The van der Waals surface area contributed by atoms with Gasteiger partial charge < -0.3 is 9.47 Å². The predicted molar refractivity (Wildman–Crippen MR) is 137 cm³/mol. The van der Waals surface area contributed by atoms with Gasteiger partial charge in [-0.25, -0.2) is 4.39 Å². The van der Waals surface area contributed by atoms with E-state index in [1.54, 1.807) is 21.0 Å². The van der Waals surface area contributed by atoms with E-state index in [1.807, 2.05) is 18.3 Å². The minimum absolute atomic E-state index is 0.130. The highest BCUT2D eigenvalue weighted by molar-refractivity contribution is 5.83. The maximum atomic E-state index is 15.0. The largest absolute Gasteiger partial charge is 0.496 e. The predicted octanol–water partition coefficient (Wildman–Crippen LogP) is 4.99. The number of H-pyrrole nitrogens is 1. The van der Waals surface area contributed by atoms with Crippen LogP contribution in [0.25, 0.3) is 10.9 Å². The Kier molecular flexibility index (Phi) is 6.49. The first-order valence-corrected chi connectivity index (χ1v) is 12.7. The van der Waals surface area contributed by atoms with E-state index in [2.05, 4.69) is 52.0 Å². The van der Waals surface area contributed by atoms with Gasteiger partial charge in [0.05, 0.1) is 24.9 Å². The number of hydrogen-bond acceptors (Lipinski definition) is 5. The number of aromatic nitrogens is 2. The fraction of sp³-hybridized carbons (Fsp3) is 0.536. The molecule has 5 rings (SSSR count). The number of rotatable bonds is 8. The van der Waals surface area contributed by atoms with Gasteiger partial charge >= 0.3 is 0 Å². The normalized spacial score (nSPS) is 21.7. The zero-order valence-electron chi connectivity index (χ0n) is 21.5. The van der Waals surface area contributed by atoms with Gasteiger partial charge in [0, 0.05) is 49.2 Å². The first-order chi connectivity index (χ1) is 16.7. The van der Waals surface area contributed by atoms with Gasteiger partial charge in [-0.1, -0.05) is 13.0 Å². The monoisotopic (exact) mass is 480 g/mol. The second-order valence-corrected chi connectivity index (χ2v) is 10.9. The molecule has 0 bridgehead atoms. The molecule has 2 aliphatic rings. The van der Waals surface area contributed by atoms with Gasteiger partial charge in [-0.15, -0.1) is 0 Å². The maximum absolute atomic E-state index is 15.0. The van der Waals surface area contributed by atoms with Crippen LogP contribution in [-0.2, 0) is 6.42 Å². The van der Waals surface area contributed by atoms with Crippen LogP contribution < -0.4 is 9.47 Å². The zero-order valence-corrected chi connectivity index (χ0v) is 21.5. The molecule has 1 N–H and O–H groups in total. The van der Waals surface area contributed by atoms with Crippen LogP contribution in [0.1, 0.15) is 50.4 Å². The lowest BCUT2D eigenvalue weighted by atomic mass is 9.82. The fourth-order valence-corrected chi connectivity index (χ4v) is 5.76. The third kappa shape index (κ3) is 4.89. The number of fused-ring (bicyclic) bond motifs is 3. The van der Waals surface area contributed by atoms with E-state index in [0.717, 1.165) is 59.9 Å². The van der Waals surface area contributed by atoms with E-state index in [9.17, 15) is 0 Å². The van der Waals surface area contributed by atoms with E-state index < -0.39 is 5.67 Å². The van der Waals surface area contributed by atoms with Crippen LogP contribution in [0.15, 0.2) is 36.5 Å². The second kappa shape index (κ2) is 9.43. The smallest absolute Gasteiger partial charge is 0.127 e. The summed E-state index contributed by atoms with van der Waals surface area (Å²) in [6.07, 6.45) is 2.75. The maximum Gasteiger partial charge on any atom is 0.127 e. The highest BCUT2D eigenvalue weighted by Gasteiger charge is 2.38. The van der Waals surface area contributed by atoms with Gasteiger partial charge in [0.2, 0.25) is 0 Å². The third-order valence-corrected chi connectivity index (χ3v) is 7.34. The number of nitrogens with one attached hydrogen (secondary N) is 1. The number of ether oxygens (including phenoxy) is 2. The topological polar surface area (TPSA) is 53.6 Å². The Bertz CT molecular complexity index is 1180. The lowest BCUT2D eigenvalue weighted by Crippen LogP contribution is -2.47. The lowest BCUT2D eigenvalue weighted by molar-refractivity contribution is 0.0671. The average molecular weight is 481 g/mol. The molecular weight excluding hydrogens is 443 g/mol. The molecule has 0 radical (unpaired) electrons. The molecule has 1 fully saturated rings. The molecule has 0 amide bonds. The second-order valence-electron chi connectivity index (χ2n) is 10.9. The van der Waals surface area contributed by atoms with Crippen molar-refractivity contribution in [3.8, 4) is 11.5 Å². The minimum Gasteiger partial charge on any atom is -0.496 e. The number of hydrogen-bond donors (Lipinski definition) is 1. The van der Waals surface area contributed by atoms with Crippen molar-refractivity contribution < 1.29 is 13.9 Å². The number of alkyl halides is 1. The van der Waals surface area contributed by atoms with E-state index in [1.165, 1.54) is 11.1 Å². The van der Waals surface area contributed by atoms with Crippen molar-refractivity contribution in [1.29, 1.82) is 0 Å². The van der Waals surface area contributed by atoms with Crippen LogP contribution in [0.2, 0.25) is 0 Å². The summed E-state index contributed by atoms with van der Waals surface area (Å²) in [5, 5.41) is 8.49. The fourth-order valence-electron chi connectivity index (χ4n) is 5.76. The highest BCUT2D eigenvalue weighted by atomic mass is 19.1. The molecule has 2 aromatic carbocycles. The Morgan fingerprint density at radius 3 is 2.63 bits per heavy atom. The number of halogens is 1. The summed E-state index contributed by atoms with van der Waals surface area (Å²) < 4.78 is 27.0. The molecule has 2 aliphatic heterocycles. The molecule has 3 aromatic rings. The Morgan fingerprint density at radius 2 is 1.91 bits per heavy atom. The van der Waals surface area contributed by atoms with Crippen LogP contribution in [0.4, 0.5) is 4.39 Å². The molecule has 6 nitrogen and oxygen atoms in total. The van der Waals surface area contributed by atoms with Crippen LogP contribution in [0.5, 0.6) is 11.5 Å². The standard InChI is InChI=1S/C28H37FN4O2/c1-18-15-32(16-18)10-11-35-20-6-7-22(26(13-20)34-5)27-21-8-9-25-24(14-30-31-25)23(21)12-19(2)33(27)17-28(3,4)29/h6-9,13-14,18-19,27H,10-12,15-17H2,1-5H3,(H,30,31)/t19-,27+/m1/s1. The quantitative estimate of drug-likeness (QED) is 0.493. The molecule has 1 aromatic heterocycles. The third-order valence-electron chi connectivity index (χ3n) is 7.34. The summed E-state index contributed by atoms with van der Waals surface area (Å²) >= 11 is 0. The number of benzene rings is 2. The van der Waals surface area contributed by atoms with Gasteiger partial charge in [-0.05, 0) is 62.4 Å². The van der Waals surface area contributed by atoms with Gasteiger partial charge in [0.1, 0.15) is 23.8 Å². The summed E-state index contributed by atoms with van der Waals surface area (Å²) in [5.41, 5.74) is 3.18. The zero-order chi connectivity index (χ0) is 24.7. The molecule has 35 heavy (non-hydrogen) atoms. The SMILES string of the molecule is COc1cc(OCCN2CC(C)C2)ccc1[C@@H]1c2ccc3[nH]ncc3c2C[C@@H](C)N1CC(C)(C)F.